The molecule has 0 radical (unpaired) electrons. The molecule has 114 valence electrons. The average Bonchev–Trinajstić information content (AvgIpc) is 2.45. The van der Waals surface area contributed by atoms with Crippen LogP contribution in [0.15, 0.2) is 28.7 Å². The number of likely N-dealkylation sites (N-methyl/N-ethyl adjacent to an activating group) is 1. The summed E-state index contributed by atoms with van der Waals surface area (Å²) in [5.41, 5.74) is 7.67. The molecule has 3 nitrogen and oxygen atoms in total. The van der Waals surface area contributed by atoms with Gasteiger partial charge in [0.2, 0.25) is 0 Å². The molecule has 0 spiro atoms. The highest BCUT2D eigenvalue weighted by atomic mass is 79.9. The van der Waals surface area contributed by atoms with Gasteiger partial charge in [-0.1, -0.05) is 41.9 Å². The first kappa shape index (κ1) is 17.6. The minimum Gasteiger partial charge on any atom is -0.383 e. The maximum atomic E-state index is 6.40. The van der Waals surface area contributed by atoms with Gasteiger partial charge in [-0.05, 0) is 37.6 Å². The Labute approximate surface area is 131 Å². The third-order valence-corrected chi connectivity index (χ3v) is 4.31. The molecule has 0 heterocycles. The van der Waals surface area contributed by atoms with E-state index in [1.54, 1.807) is 7.11 Å². The fourth-order valence-corrected chi connectivity index (χ4v) is 2.95. The molecule has 0 amide bonds. The fraction of sp³-hybridized carbons (Fsp3) is 0.625. The van der Waals surface area contributed by atoms with Gasteiger partial charge in [0.05, 0.1) is 12.6 Å². The zero-order chi connectivity index (χ0) is 15.1. The highest BCUT2D eigenvalue weighted by molar-refractivity contribution is 9.10. The van der Waals surface area contributed by atoms with Gasteiger partial charge in [-0.3, -0.25) is 4.90 Å². The number of rotatable bonds is 8. The molecular weight excluding hydrogens is 316 g/mol. The second kappa shape index (κ2) is 8.78. The van der Waals surface area contributed by atoms with E-state index in [1.165, 1.54) is 5.56 Å². The summed E-state index contributed by atoms with van der Waals surface area (Å²) in [4.78, 5) is 2.43. The van der Waals surface area contributed by atoms with Gasteiger partial charge in [-0.15, -0.1) is 0 Å². The van der Waals surface area contributed by atoms with E-state index in [0.717, 1.165) is 24.0 Å². The van der Waals surface area contributed by atoms with Crippen molar-refractivity contribution in [2.45, 2.75) is 45.3 Å². The lowest BCUT2D eigenvalue weighted by Crippen LogP contribution is -2.46. The molecular formula is C16H27BrN2O. The van der Waals surface area contributed by atoms with Gasteiger partial charge in [0.25, 0.3) is 0 Å². The first-order chi connectivity index (χ1) is 9.54. The normalized spacial score (nSPS) is 16.1. The van der Waals surface area contributed by atoms with Crippen molar-refractivity contribution in [3.8, 4) is 0 Å². The first-order valence-corrected chi connectivity index (χ1v) is 8.10. The van der Waals surface area contributed by atoms with Crippen LogP contribution in [-0.2, 0) is 4.74 Å². The van der Waals surface area contributed by atoms with Crippen molar-refractivity contribution >= 4 is 15.9 Å². The summed E-state index contributed by atoms with van der Waals surface area (Å²) >= 11 is 3.49. The molecule has 4 heteroatoms. The summed E-state index contributed by atoms with van der Waals surface area (Å²) in [6, 6.07) is 9.17. The molecule has 20 heavy (non-hydrogen) atoms. The van der Waals surface area contributed by atoms with Gasteiger partial charge in [0.1, 0.15) is 0 Å². The summed E-state index contributed by atoms with van der Waals surface area (Å²) in [5.74, 6) is 0. The van der Waals surface area contributed by atoms with E-state index in [-0.39, 0.29) is 12.1 Å². The van der Waals surface area contributed by atoms with Gasteiger partial charge in [0, 0.05) is 23.7 Å². The van der Waals surface area contributed by atoms with Crippen LogP contribution in [0.4, 0.5) is 0 Å². The number of hydrogen-bond donors (Lipinski definition) is 1. The molecule has 0 aliphatic rings. The third-order valence-electron chi connectivity index (χ3n) is 3.78. The number of halogens is 1. The quantitative estimate of drug-likeness (QED) is 0.784. The third kappa shape index (κ3) is 4.55. The number of hydrogen-bond acceptors (Lipinski definition) is 3. The van der Waals surface area contributed by atoms with Crippen LogP contribution < -0.4 is 5.73 Å². The molecule has 0 fully saturated rings. The minimum absolute atomic E-state index is 0.121. The van der Waals surface area contributed by atoms with Crippen molar-refractivity contribution < 1.29 is 4.74 Å². The summed E-state index contributed by atoms with van der Waals surface area (Å²) in [6.45, 7) is 8.20. The SMILES string of the molecule is CCC(N)C(c1ccc(Br)cc1)N(CC)C(C)COC. The standard InChI is InChI=1S/C16H27BrN2O/c1-5-15(18)16(13-7-9-14(17)10-8-13)19(6-2)12(3)11-20-4/h7-10,12,15-16H,5-6,11,18H2,1-4H3. The van der Waals surface area contributed by atoms with Crippen molar-refractivity contribution in [3.63, 3.8) is 0 Å². The van der Waals surface area contributed by atoms with Crippen LogP contribution in [0, 0.1) is 0 Å². The van der Waals surface area contributed by atoms with Crippen molar-refractivity contribution in [1.82, 2.24) is 4.90 Å². The average molecular weight is 343 g/mol. The molecule has 3 unspecified atom stereocenters. The molecule has 0 saturated carbocycles. The van der Waals surface area contributed by atoms with Crippen molar-refractivity contribution in [2.24, 2.45) is 5.73 Å². The molecule has 0 aromatic heterocycles. The predicted octanol–water partition coefficient (Wildman–Crippen LogP) is 3.58. The predicted molar refractivity (Wildman–Crippen MR) is 88.9 cm³/mol. The molecule has 3 atom stereocenters. The van der Waals surface area contributed by atoms with E-state index in [1.807, 2.05) is 0 Å². The second-order valence-electron chi connectivity index (χ2n) is 5.20. The second-order valence-corrected chi connectivity index (χ2v) is 6.12. The maximum absolute atomic E-state index is 6.40. The number of benzene rings is 1. The van der Waals surface area contributed by atoms with Gasteiger partial charge in [0.15, 0.2) is 0 Å². The Bertz CT molecular complexity index is 383. The number of nitrogens with two attached hydrogens (primary N) is 1. The summed E-state index contributed by atoms with van der Waals surface area (Å²) < 4.78 is 6.41. The van der Waals surface area contributed by atoms with Gasteiger partial charge in [-0.2, -0.15) is 0 Å². The molecule has 0 aliphatic carbocycles. The van der Waals surface area contributed by atoms with Gasteiger partial charge >= 0.3 is 0 Å². The van der Waals surface area contributed by atoms with Crippen LogP contribution in [-0.4, -0.2) is 37.2 Å². The zero-order valence-electron chi connectivity index (χ0n) is 13.0. The minimum atomic E-state index is 0.121. The zero-order valence-corrected chi connectivity index (χ0v) is 14.6. The lowest BCUT2D eigenvalue weighted by molar-refractivity contribution is 0.0628. The van der Waals surface area contributed by atoms with Crippen LogP contribution in [0.2, 0.25) is 0 Å². The molecule has 1 rings (SSSR count). The van der Waals surface area contributed by atoms with Crippen LogP contribution >= 0.6 is 15.9 Å². The summed E-state index contributed by atoms with van der Waals surface area (Å²) in [7, 11) is 1.75. The molecule has 0 saturated heterocycles. The molecule has 2 N–H and O–H groups in total. The lowest BCUT2D eigenvalue weighted by Gasteiger charge is -2.39. The maximum Gasteiger partial charge on any atom is 0.0615 e. The largest absolute Gasteiger partial charge is 0.383 e. The van der Waals surface area contributed by atoms with E-state index in [2.05, 4.69) is 65.9 Å². The lowest BCUT2D eigenvalue weighted by atomic mass is 9.95. The molecule has 1 aromatic rings. The Morgan fingerprint density at radius 3 is 2.30 bits per heavy atom. The van der Waals surface area contributed by atoms with Crippen LogP contribution in [0.1, 0.15) is 38.8 Å². The van der Waals surface area contributed by atoms with Crippen molar-refractivity contribution in [3.05, 3.63) is 34.3 Å². The summed E-state index contributed by atoms with van der Waals surface area (Å²) in [6.07, 6.45) is 0.955. The number of nitrogens with zero attached hydrogens (tertiary/aromatic N) is 1. The number of ether oxygens (including phenoxy) is 1. The summed E-state index contributed by atoms with van der Waals surface area (Å²) in [5, 5.41) is 0. The Balaban J connectivity index is 3.06. The van der Waals surface area contributed by atoms with Crippen molar-refractivity contribution in [2.75, 3.05) is 20.3 Å². The van der Waals surface area contributed by atoms with Crippen LogP contribution in [0.3, 0.4) is 0 Å². The monoisotopic (exact) mass is 342 g/mol. The van der Waals surface area contributed by atoms with Crippen molar-refractivity contribution in [1.29, 1.82) is 0 Å². The Morgan fingerprint density at radius 1 is 1.25 bits per heavy atom. The molecule has 1 aromatic carbocycles. The van der Waals surface area contributed by atoms with E-state index in [9.17, 15) is 0 Å². The number of methoxy groups -OCH3 is 1. The Hall–Kier alpha value is -0.420. The Morgan fingerprint density at radius 2 is 1.85 bits per heavy atom. The van der Waals surface area contributed by atoms with Crippen LogP contribution in [0.5, 0.6) is 0 Å². The van der Waals surface area contributed by atoms with E-state index < -0.39 is 0 Å². The van der Waals surface area contributed by atoms with E-state index in [4.69, 9.17) is 10.5 Å². The topological polar surface area (TPSA) is 38.5 Å². The molecule has 0 bridgehead atoms. The van der Waals surface area contributed by atoms with Gasteiger partial charge in [-0.25, -0.2) is 0 Å². The highest BCUT2D eigenvalue weighted by Gasteiger charge is 2.28. The highest BCUT2D eigenvalue weighted by Crippen LogP contribution is 2.28. The van der Waals surface area contributed by atoms with E-state index in [0.29, 0.717) is 6.04 Å². The van der Waals surface area contributed by atoms with E-state index >= 15 is 0 Å². The first-order valence-electron chi connectivity index (χ1n) is 7.30. The van der Waals surface area contributed by atoms with Gasteiger partial charge < -0.3 is 10.5 Å². The van der Waals surface area contributed by atoms with Crippen LogP contribution in [0.25, 0.3) is 0 Å². The Kier molecular flexibility index (Phi) is 7.74. The fourth-order valence-electron chi connectivity index (χ4n) is 2.69. The smallest absolute Gasteiger partial charge is 0.0615 e. The molecule has 0 aliphatic heterocycles.